The number of carbonyl (C=O) groups excluding carboxylic acids is 2. The molecule has 1 aromatic rings. The molecule has 0 spiro atoms. The average Bonchev–Trinajstić information content (AvgIpc) is 2.43. The van der Waals surface area contributed by atoms with Crippen molar-refractivity contribution in [2.24, 2.45) is 0 Å². The third-order valence-corrected chi connectivity index (χ3v) is 2.67. The molecular weight excluding hydrogens is 286 g/mol. The average molecular weight is 309 g/mol. The van der Waals surface area contributed by atoms with Gasteiger partial charge < -0.3 is 19.9 Å². The first kappa shape index (κ1) is 18.0. The summed E-state index contributed by atoms with van der Waals surface area (Å²) in [5.74, 6) is -0.799. The quantitative estimate of drug-likeness (QED) is 0.814. The zero-order valence-electron chi connectivity index (χ0n) is 13.3. The van der Waals surface area contributed by atoms with Crippen LogP contribution in [0.3, 0.4) is 0 Å². The Kier molecular flexibility index (Phi) is 6.37. The van der Waals surface area contributed by atoms with Crippen LogP contribution >= 0.6 is 0 Å². The summed E-state index contributed by atoms with van der Waals surface area (Å²) >= 11 is 0. The molecule has 0 bridgehead atoms. The number of ether oxygens (including phenoxy) is 2. The maximum Gasteiger partial charge on any atom is 0.408 e. The van der Waals surface area contributed by atoms with Crippen LogP contribution in [0.1, 0.15) is 39.3 Å². The number of esters is 1. The maximum atomic E-state index is 11.9. The SMILES string of the molecule is CCOC(=O)C(O)[C@H](NC(=O)OC(C)(C)C)c1ccccc1. The van der Waals surface area contributed by atoms with Crippen LogP contribution in [0.25, 0.3) is 0 Å². The van der Waals surface area contributed by atoms with Gasteiger partial charge in [0.15, 0.2) is 6.10 Å². The number of amides is 1. The van der Waals surface area contributed by atoms with Crippen LogP contribution in [0.2, 0.25) is 0 Å². The van der Waals surface area contributed by atoms with E-state index in [1.165, 1.54) is 0 Å². The van der Waals surface area contributed by atoms with Crippen molar-refractivity contribution in [2.75, 3.05) is 6.61 Å². The van der Waals surface area contributed by atoms with Crippen molar-refractivity contribution in [3.63, 3.8) is 0 Å². The van der Waals surface area contributed by atoms with E-state index in [1.807, 2.05) is 0 Å². The van der Waals surface area contributed by atoms with E-state index >= 15 is 0 Å². The third-order valence-electron chi connectivity index (χ3n) is 2.67. The molecule has 1 amide bonds. The molecule has 0 saturated heterocycles. The molecule has 2 N–H and O–H groups in total. The Morgan fingerprint density at radius 3 is 2.32 bits per heavy atom. The van der Waals surface area contributed by atoms with E-state index in [0.717, 1.165) is 0 Å². The minimum absolute atomic E-state index is 0.143. The number of hydrogen-bond donors (Lipinski definition) is 2. The van der Waals surface area contributed by atoms with E-state index in [0.29, 0.717) is 5.56 Å². The molecule has 0 aliphatic carbocycles. The van der Waals surface area contributed by atoms with Crippen LogP contribution in [-0.4, -0.2) is 35.5 Å². The predicted molar refractivity (Wildman–Crippen MR) is 81.2 cm³/mol. The van der Waals surface area contributed by atoms with Crippen molar-refractivity contribution < 1.29 is 24.2 Å². The van der Waals surface area contributed by atoms with Crippen molar-refractivity contribution >= 4 is 12.1 Å². The van der Waals surface area contributed by atoms with Crippen molar-refractivity contribution in [2.45, 2.75) is 45.4 Å². The lowest BCUT2D eigenvalue weighted by molar-refractivity contribution is -0.154. The molecule has 1 unspecified atom stereocenters. The summed E-state index contributed by atoms with van der Waals surface area (Å²) in [7, 11) is 0. The molecule has 0 aromatic heterocycles. The summed E-state index contributed by atoms with van der Waals surface area (Å²) < 4.78 is 9.97. The van der Waals surface area contributed by atoms with Gasteiger partial charge in [-0.15, -0.1) is 0 Å². The van der Waals surface area contributed by atoms with Crippen molar-refractivity contribution in [1.82, 2.24) is 5.32 Å². The van der Waals surface area contributed by atoms with Crippen LogP contribution in [0.4, 0.5) is 4.79 Å². The van der Waals surface area contributed by atoms with E-state index < -0.39 is 29.8 Å². The van der Waals surface area contributed by atoms with Gasteiger partial charge in [0.1, 0.15) is 5.60 Å². The van der Waals surface area contributed by atoms with Gasteiger partial charge in [0.25, 0.3) is 0 Å². The highest BCUT2D eigenvalue weighted by atomic mass is 16.6. The second-order valence-electron chi connectivity index (χ2n) is 5.73. The first-order valence-corrected chi connectivity index (χ1v) is 7.13. The Morgan fingerprint density at radius 2 is 1.82 bits per heavy atom. The van der Waals surface area contributed by atoms with E-state index in [-0.39, 0.29) is 6.61 Å². The van der Waals surface area contributed by atoms with Gasteiger partial charge >= 0.3 is 12.1 Å². The Labute approximate surface area is 130 Å². The molecule has 122 valence electrons. The summed E-state index contributed by atoms with van der Waals surface area (Å²) in [6.07, 6.45) is -2.24. The van der Waals surface area contributed by atoms with Gasteiger partial charge in [-0.2, -0.15) is 0 Å². The predicted octanol–water partition coefficient (Wildman–Crippen LogP) is 2.18. The molecular formula is C16H23NO5. The summed E-state index contributed by atoms with van der Waals surface area (Å²) in [5, 5.41) is 12.7. The Hall–Kier alpha value is -2.08. The van der Waals surface area contributed by atoms with Crippen LogP contribution in [0, 0.1) is 0 Å². The fourth-order valence-corrected chi connectivity index (χ4v) is 1.80. The largest absolute Gasteiger partial charge is 0.464 e. The van der Waals surface area contributed by atoms with Gasteiger partial charge in [0.05, 0.1) is 12.6 Å². The topological polar surface area (TPSA) is 84.9 Å². The molecule has 22 heavy (non-hydrogen) atoms. The fraction of sp³-hybridized carbons (Fsp3) is 0.500. The standard InChI is InChI=1S/C16H23NO5/c1-5-21-14(19)13(18)12(11-9-7-6-8-10-11)17-15(20)22-16(2,3)4/h6-10,12-13,18H,5H2,1-4H3,(H,17,20)/t12-,13?/m1/s1. The van der Waals surface area contributed by atoms with Crippen LogP contribution in [0.15, 0.2) is 30.3 Å². The zero-order chi connectivity index (χ0) is 16.8. The molecule has 1 rings (SSSR count). The van der Waals surface area contributed by atoms with Crippen LogP contribution in [0.5, 0.6) is 0 Å². The van der Waals surface area contributed by atoms with E-state index in [9.17, 15) is 14.7 Å². The van der Waals surface area contributed by atoms with Crippen molar-refractivity contribution in [3.05, 3.63) is 35.9 Å². The molecule has 1 aromatic carbocycles. The highest BCUT2D eigenvalue weighted by Crippen LogP contribution is 2.19. The normalized spacial score (nSPS) is 13.9. The highest BCUT2D eigenvalue weighted by Gasteiger charge is 2.31. The Balaban J connectivity index is 2.93. The molecule has 0 aliphatic rings. The van der Waals surface area contributed by atoms with Crippen LogP contribution in [-0.2, 0) is 14.3 Å². The lowest BCUT2D eigenvalue weighted by Crippen LogP contribution is -2.43. The monoisotopic (exact) mass is 309 g/mol. The lowest BCUT2D eigenvalue weighted by atomic mass is 10.0. The number of rotatable bonds is 5. The molecule has 2 atom stereocenters. The summed E-state index contributed by atoms with van der Waals surface area (Å²) in [6, 6.07) is 7.74. The summed E-state index contributed by atoms with van der Waals surface area (Å²) in [4.78, 5) is 23.7. The molecule has 0 radical (unpaired) electrons. The van der Waals surface area contributed by atoms with Gasteiger partial charge in [-0.3, -0.25) is 0 Å². The van der Waals surface area contributed by atoms with Crippen molar-refractivity contribution in [1.29, 1.82) is 0 Å². The summed E-state index contributed by atoms with van der Waals surface area (Å²) in [6.45, 7) is 6.97. The van der Waals surface area contributed by atoms with Gasteiger partial charge in [0, 0.05) is 0 Å². The minimum Gasteiger partial charge on any atom is -0.464 e. The molecule has 0 saturated carbocycles. The lowest BCUT2D eigenvalue weighted by Gasteiger charge is -2.26. The second kappa shape index (κ2) is 7.79. The first-order valence-electron chi connectivity index (χ1n) is 7.13. The number of aliphatic hydroxyl groups is 1. The fourth-order valence-electron chi connectivity index (χ4n) is 1.80. The highest BCUT2D eigenvalue weighted by molar-refractivity contribution is 5.77. The second-order valence-corrected chi connectivity index (χ2v) is 5.73. The number of carbonyl (C=O) groups is 2. The molecule has 0 fully saturated rings. The zero-order valence-corrected chi connectivity index (χ0v) is 13.3. The van der Waals surface area contributed by atoms with Gasteiger partial charge in [-0.25, -0.2) is 9.59 Å². The molecule has 0 aliphatic heterocycles. The van der Waals surface area contributed by atoms with Crippen molar-refractivity contribution in [3.8, 4) is 0 Å². The Bertz CT molecular complexity index is 495. The Morgan fingerprint density at radius 1 is 1.23 bits per heavy atom. The molecule has 6 nitrogen and oxygen atoms in total. The number of aliphatic hydroxyl groups excluding tert-OH is 1. The van der Waals surface area contributed by atoms with Gasteiger partial charge in [0.2, 0.25) is 0 Å². The third kappa shape index (κ3) is 5.73. The first-order chi connectivity index (χ1) is 10.2. The van der Waals surface area contributed by atoms with Crippen LogP contribution < -0.4 is 5.32 Å². The number of alkyl carbamates (subject to hydrolysis) is 1. The number of benzene rings is 1. The van der Waals surface area contributed by atoms with E-state index in [1.54, 1.807) is 58.0 Å². The molecule has 6 heteroatoms. The summed E-state index contributed by atoms with van der Waals surface area (Å²) in [5.41, 5.74) is -0.103. The number of hydrogen-bond acceptors (Lipinski definition) is 5. The number of nitrogens with one attached hydrogen (secondary N) is 1. The smallest absolute Gasteiger partial charge is 0.408 e. The minimum atomic E-state index is -1.52. The van der Waals surface area contributed by atoms with Gasteiger partial charge in [-0.1, -0.05) is 30.3 Å². The van der Waals surface area contributed by atoms with E-state index in [4.69, 9.17) is 9.47 Å². The maximum absolute atomic E-state index is 11.9. The van der Waals surface area contributed by atoms with Gasteiger partial charge in [-0.05, 0) is 33.3 Å². The molecule has 0 heterocycles. The van der Waals surface area contributed by atoms with E-state index in [2.05, 4.69) is 5.32 Å².